The fraction of sp³-hybridized carbons (Fsp3) is 0.471. The van der Waals surface area contributed by atoms with Crippen molar-refractivity contribution in [2.75, 3.05) is 31.5 Å². The number of thiophene rings is 1. The molecule has 0 unspecified atom stereocenters. The number of amides is 2. The van der Waals surface area contributed by atoms with Gasteiger partial charge in [0.25, 0.3) is 0 Å². The maximum absolute atomic E-state index is 12.0. The fourth-order valence-corrected chi connectivity index (χ4v) is 3.73. The van der Waals surface area contributed by atoms with Gasteiger partial charge < -0.3 is 15.5 Å². The van der Waals surface area contributed by atoms with Crippen molar-refractivity contribution in [3.8, 4) is 0 Å². The molecule has 0 aliphatic rings. The summed E-state index contributed by atoms with van der Waals surface area (Å²) in [6.07, 6.45) is 0.577. The van der Waals surface area contributed by atoms with E-state index in [-0.39, 0.29) is 18.2 Å². The van der Waals surface area contributed by atoms with Crippen molar-refractivity contribution >= 4 is 39.6 Å². The molecule has 0 aromatic carbocycles. The number of aromatic nitrogens is 1. The number of thiazole rings is 1. The van der Waals surface area contributed by atoms with Crippen LogP contribution in [-0.2, 0) is 22.4 Å². The standard InChI is InChI=1S/C17H24N4O2S2/c1-3-21(4-2)8-7-18-15(22)10-13-12-25-17(19-13)20-16(23)11-14-6-5-9-24-14/h5-6,9,12H,3-4,7-8,10-11H2,1-2H3,(H,18,22)(H,19,20,23). The Morgan fingerprint density at radius 3 is 2.64 bits per heavy atom. The summed E-state index contributed by atoms with van der Waals surface area (Å²) >= 11 is 2.89. The highest BCUT2D eigenvalue weighted by Gasteiger charge is 2.11. The van der Waals surface area contributed by atoms with E-state index in [0.29, 0.717) is 23.8 Å². The van der Waals surface area contributed by atoms with Gasteiger partial charge in [-0.25, -0.2) is 4.98 Å². The Balaban J connectivity index is 1.73. The van der Waals surface area contributed by atoms with Gasteiger partial charge in [-0.1, -0.05) is 19.9 Å². The van der Waals surface area contributed by atoms with Crippen LogP contribution >= 0.6 is 22.7 Å². The number of nitrogens with one attached hydrogen (secondary N) is 2. The van der Waals surface area contributed by atoms with Crippen LogP contribution in [0.4, 0.5) is 5.13 Å². The quantitative estimate of drug-likeness (QED) is 0.664. The topological polar surface area (TPSA) is 74.3 Å². The summed E-state index contributed by atoms with van der Waals surface area (Å²) in [7, 11) is 0. The lowest BCUT2D eigenvalue weighted by molar-refractivity contribution is -0.120. The van der Waals surface area contributed by atoms with Crippen molar-refractivity contribution in [3.05, 3.63) is 33.5 Å². The predicted molar refractivity (Wildman–Crippen MR) is 103 cm³/mol. The first-order valence-corrected chi connectivity index (χ1v) is 10.1. The summed E-state index contributed by atoms with van der Waals surface area (Å²) in [6.45, 7) is 7.65. The minimum atomic E-state index is -0.0907. The number of carbonyl (C=O) groups is 2. The molecule has 0 spiro atoms. The van der Waals surface area contributed by atoms with Gasteiger partial charge in [-0.2, -0.15) is 0 Å². The molecule has 0 aliphatic carbocycles. The molecule has 2 aromatic heterocycles. The second-order valence-corrected chi connectivity index (χ2v) is 7.39. The normalized spacial score (nSPS) is 10.8. The maximum atomic E-state index is 12.0. The molecule has 0 fully saturated rings. The van der Waals surface area contributed by atoms with E-state index in [9.17, 15) is 9.59 Å². The number of rotatable bonds is 10. The van der Waals surface area contributed by atoms with Crippen LogP contribution in [0.2, 0.25) is 0 Å². The number of anilines is 1. The van der Waals surface area contributed by atoms with Gasteiger partial charge in [-0.05, 0) is 24.5 Å². The summed E-state index contributed by atoms with van der Waals surface area (Å²) in [5.74, 6) is -0.138. The number of hydrogen-bond donors (Lipinski definition) is 2. The highest BCUT2D eigenvalue weighted by atomic mass is 32.1. The molecule has 8 heteroatoms. The molecule has 0 aliphatic heterocycles. The first-order chi connectivity index (χ1) is 12.1. The van der Waals surface area contributed by atoms with Crippen molar-refractivity contribution in [2.24, 2.45) is 0 Å². The molecule has 6 nitrogen and oxygen atoms in total. The van der Waals surface area contributed by atoms with Crippen molar-refractivity contribution in [1.82, 2.24) is 15.2 Å². The molecule has 25 heavy (non-hydrogen) atoms. The van der Waals surface area contributed by atoms with Crippen molar-refractivity contribution in [2.45, 2.75) is 26.7 Å². The molecule has 136 valence electrons. The Morgan fingerprint density at radius 1 is 1.16 bits per heavy atom. The monoisotopic (exact) mass is 380 g/mol. The second kappa shape index (κ2) is 10.3. The average Bonchev–Trinajstić information content (AvgIpc) is 3.24. The van der Waals surface area contributed by atoms with Crippen molar-refractivity contribution in [1.29, 1.82) is 0 Å². The van der Waals surface area contributed by atoms with Gasteiger partial charge in [0.1, 0.15) is 0 Å². The summed E-state index contributed by atoms with van der Waals surface area (Å²) in [5.41, 5.74) is 0.678. The Morgan fingerprint density at radius 2 is 1.96 bits per heavy atom. The minimum Gasteiger partial charge on any atom is -0.354 e. The number of nitrogens with zero attached hydrogens (tertiary/aromatic N) is 2. The molecule has 2 heterocycles. The first kappa shape index (κ1) is 19.6. The van der Waals surface area contributed by atoms with E-state index < -0.39 is 0 Å². The van der Waals surface area contributed by atoms with E-state index in [1.807, 2.05) is 22.9 Å². The molecular formula is C17H24N4O2S2. The number of likely N-dealkylation sites (N-methyl/N-ethyl adjacent to an activating group) is 1. The Hall–Kier alpha value is -1.77. The molecule has 2 rings (SSSR count). The third-order valence-electron chi connectivity index (χ3n) is 3.70. The van der Waals surface area contributed by atoms with Crippen molar-refractivity contribution < 1.29 is 9.59 Å². The van der Waals surface area contributed by atoms with Gasteiger partial charge in [0, 0.05) is 23.3 Å². The first-order valence-electron chi connectivity index (χ1n) is 8.36. The zero-order valence-corrected chi connectivity index (χ0v) is 16.2. The predicted octanol–water partition coefficient (Wildman–Crippen LogP) is 2.39. The van der Waals surface area contributed by atoms with Gasteiger partial charge in [0.05, 0.1) is 18.5 Å². The molecule has 0 saturated carbocycles. The highest BCUT2D eigenvalue weighted by molar-refractivity contribution is 7.14. The molecular weight excluding hydrogens is 356 g/mol. The van der Waals surface area contributed by atoms with E-state index in [0.717, 1.165) is 24.5 Å². The van der Waals surface area contributed by atoms with Crippen molar-refractivity contribution in [3.63, 3.8) is 0 Å². The van der Waals surface area contributed by atoms with Crippen LogP contribution in [0.1, 0.15) is 24.4 Å². The van der Waals surface area contributed by atoms with E-state index in [2.05, 4.69) is 34.4 Å². The Bertz CT molecular complexity index is 666. The summed E-state index contributed by atoms with van der Waals surface area (Å²) in [5, 5.41) is 9.98. The van der Waals surface area contributed by atoms with Crippen LogP contribution in [0.15, 0.2) is 22.9 Å². The summed E-state index contributed by atoms with van der Waals surface area (Å²) in [6, 6.07) is 3.85. The molecule has 2 N–H and O–H groups in total. The lowest BCUT2D eigenvalue weighted by atomic mass is 10.3. The van der Waals surface area contributed by atoms with Crippen LogP contribution in [0.5, 0.6) is 0 Å². The smallest absolute Gasteiger partial charge is 0.231 e. The largest absolute Gasteiger partial charge is 0.354 e. The van der Waals surface area contributed by atoms with E-state index in [1.54, 1.807) is 11.3 Å². The van der Waals surface area contributed by atoms with Gasteiger partial charge in [-0.15, -0.1) is 22.7 Å². The third-order valence-corrected chi connectivity index (χ3v) is 5.38. The van der Waals surface area contributed by atoms with Crippen LogP contribution < -0.4 is 10.6 Å². The minimum absolute atomic E-state index is 0.0473. The Kier molecular flexibility index (Phi) is 8.03. The molecule has 0 bridgehead atoms. The van der Waals surface area contributed by atoms with E-state index in [4.69, 9.17) is 0 Å². The van der Waals surface area contributed by atoms with Crippen LogP contribution in [-0.4, -0.2) is 47.9 Å². The third kappa shape index (κ3) is 6.93. The van der Waals surface area contributed by atoms with Gasteiger partial charge >= 0.3 is 0 Å². The summed E-state index contributed by atoms with van der Waals surface area (Å²) < 4.78 is 0. The molecule has 2 amide bonds. The number of hydrogen-bond acceptors (Lipinski definition) is 6. The molecule has 2 aromatic rings. The van der Waals surface area contributed by atoms with Crippen LogP contribution in [0.25, 0.3) is 0 Å². The lowest BCUT2D eigenvalue weighted by Crippen LogP contribution is -2.35. The Labute approximate surface area is 156 Å². The van der Waals surface area contributed by atoms with E-state index in [1.165, 1.54) is 11.3 Å². The second-order valence-electron chi connectivity index (χ2n) is 5.50. The molecule has 0 atom stereocenters. The molecule has 0 radical (unpaired) electrons. The van der Waals surface area contributed by atoms with Crippen LogP contribution in [0.3, 0.4) is 0 Å². The summed E-state index contributed by atoms with van der Waals surface area (Å²) in [4.78, 5) is 31.5. The zero-order valence-electron chi connectivity index (χ0n) is 14.6. The van der Waals surface area contributed by atoms with Gasteiger partial charge in [-0.3, -0.25) is 9.59 Å². The SMILES string of the molecule is CCN(CC)CCNC(=O)Cc1csc(NC(=O)Cc2cccs2)n1. The lowest BCUT2D eigenvalue weighted by Gasteiger charge is -2.17. The maximum Gasteiger partial charge on any atom is 0.231 e. The average molecular weight is 381 g/mol. The van der Waals surface area contributed by atoms with Gasteiger partial charge in [0.15, 0.2) is 5.13 Å². The van der Waals surface area contributed by atoms with Gasteiger partial charge in [0.2, 0.25) is 11.8 Å². The van der Waals surface area contributed by atoms with Crippen LogP contribution in [0, 0.1) is 0 Å². The highest BCUT2D eigenvalue weighted by Crippen LogP contribution is 2.17. The molecule has 0 saturated heterocycles. The zero-order chi connectivity index (χ0) is 18.1. The van der Waals surface area contributed by atoms with E-state index >= 15 is 0 Å². The fourth-order valence-electron chi connectivity index (χ4n) is 2.30. The number of carbonyl (C=O) groups excluding carboxylic acids is 2.